The van der Waals surface area contributed by atoms with Gasteiger partial charge in [-0.15, -0.1) is 0 Å². The van der Waals surface area contributed by atoms with E-state index in [-0.39, 0.29) is 23.9 Å². The van der Waals surface area contributed by atoms with Gasteiger partial charge in [-0.2, -0.15) is 13.2 Å². The van der Waals surface area contributed by atoms with E-state index in [4.69, 9.17) is 0 Å². The van der Waals surface area contributed by atoms with Gasteiger partial charge in [0.2, 0.25) is 0 Å². The number of carbonyl (C=O) groups is 2. The first-order valence-electron chi connectivity index (χ1n) is 7.65. The number of pyridine rings is 1. The number of nitrogens with zero attached hydrogens (tertiary/aromatic N) is 1. The fourth-order valence-electron chi connectivity index (χ4n) is 2.55. The Bertz CT molecular complexity index is 697. The number of aliphatic hydroxyl groups excluding tert-OH is 1. The standard InChI is InChI=1S/C16H18F3N3O3/c1-8(2)5-10-6-11(23)13(15(25)22-10)14(24)21-9-3-4-12(20-7-9)16(17,18)19/h3-4,7-8,10,23H,5-6H2,1-2H3,(H,21,24)(H,22,25). The molecule has 1 atom stereocenters. The normalized spacial score (nSPS) is 18.3. The zero-order valence-electron chi connectivity index (χ0n) is 13.6. The first-order valence-corrected chi connectivity index (χ1v) is 7.65. The highest BCUT2D eigenvalue weighted by Gasteiger charge is 2.33. The Kier molecular flexibility index (Phi) is 5.34. The lowest BCUT2D eigenvalue weighted by atomic mass is 9.95. The van der Waals surface area contributed by atoms with E-state index >= 15 is 0 Å². The molecule has 1 aromatic rings. The highest BCUT2D eigenvalue weighted by atomic mass is 19.4. The lowest BCUT2D eigenvalue weighted by molar-refractivity contribution is -0.141. The minimum Gasteiger partial charge on any atom is -0.511 e. The Labute approximate surface area is 142 Å². The Morgan fingerprint density at radius 3 is 2.60 bits per heavy atom. The quantitative estimate of drug-likeness (QED) is 0.723. The van der Waals surface area contributed by atoms with Crippen LogP contribution >= 0.6 is 0 Å². The molecule has 0 spiro atoms. The van der Waals surface area contributed by atoms with E-state index in [2.05, 4.69) is 15.6 Å². The van der Waals surface area contributed by atoms with Crippen molar-refractivity contribution in [3.8, 4) is 0 Å². The Balaban J connectivity index is 2.11. The van der Waals surface area contributed by atoms with E-state index in [1.807, 2.05) is 13.8 Å². The molecule has 0 aromatic carbocycles. The maximum Gasteiger partial charge on any atom is 0.433 e. The van der Waals surface area contributed by atoms with E-state index in [1.165, 1.54) is 0 Å². The minimum atomic E-state index is -4.59. The van der Waals surface area contributed by atoms with Crippen LogP contribution in [0.2, 0.25) is 0 Å². The molecule has 2 amide bonds. The molecule has 136 valence electrons. The van der Waals surface area contributed by atoms with Gasteiger partial charge in [0.15, 0.2) is 0 Å². The number of nitrogens with one attached hydrogen (secondary N) is 2. The van der Waals surface area contributed by atoms with E-state index < -0.39 is 29.3 Å². The fraction of sp³-hybridized carbons (Fsp3) is 0.438. The number of rotatable bonds is 4. The van der Waals surface area contributed by atoms with Gasteiger partial charge in [-0.1, -0.05) is 13.8 Å². The van der Waals surface area contributed by atoms with Gasteiger partial charge < -0.3 is 15.7 Å². The SMILES string of the molecule is CC(C)CC1CC(O)=C(C(=O)Nc2ccc(C(F)(F)F)nc2)C(=O)N1. The number of aliphatic hydroxyl groups is 1. The first kappa shape index (κ1) is 18.8. The molecule has 0 saturated carbocycles. The van der Waals surface area contributed by atoms with E-state index in [0.29, 0.717) is 18.4 Å². The van der Waals surface area contributed by atoms with Crippen LogP contribution in [0.3, 0.4) is 0 Å². The number of hydrogen-bond donors (Lipinski definition) is 3. The van der Waals surface area contributed by atoms with Crippen molar-refractivity contribution in [1.82, 2.24) is 10.3 Å². The van der Waals surface area contributed by atoms with Gasteiger partial charge in [0.05, 0.1) is 11.9 Å². The summed E-state index contributed by atoms with van der Waals surface area (Å²) in [5.74, 6) is -1.66. The molecular formula is C16H18F3N3O3. The van der Waals surface area contributed by atoms with Crippen molar-refractivity contribution >= 4 is 17.5 Å². The van der Waals surface area contributed by atoms with Gasteiger partial charge >= 0.3 is 6.18 Å². The van der Waals surface area contributed by atoms with Crippen molar-refractivity contribution in [2.24, 2.45) is 5.92 Å². The summed E-state index contributed by atoms with van der Waals surface area (Å²) in [6.07, 6.45) is -2.98. The number of anilines is 1. The molecule has 2 rings (SSSR count). The maximum absolute atomic E-state index is 12.5. The second-order valence-corrected chi connectivity index (χ2v) is 6.21. The average molecular weight is 357 g/mol. The topological polar surface area (TPSA) is 91.3 Å². The highest BCUT2D eigenvalue weighted by molar-refractivity contribution is 6.23. The van der Waals surface area contributed by atoms with Crippen LogP contribution in [0.25, 0.3) is 0 Å². The summed E-state index contributed by atoms with van der Waals surface area (Å²) in [5.41, 5.74) is -1.56. The van der Waals surface area contributed by atoms with Crippen LogP contribution in [0, 0.1) is 5.92 Å². The van der Waals surface area contributed by atoms with Crippen molar-refractivity contribution in [3.63, 3.8) is 0 Å². The molecule has 0 saturated heterocycles. The third-order valence-electron chi connectivity index (χ3n) is 3.59. The molecule has 1 aliphatic rings. The van der Waals surface area contributed by atoms with Crippen LogP contribution in [0.4, 0.5) is 18.9 Å². The van der Waals surface area contributed by atoms with Crippen LogP contribution < -0.4 is 10.6 Å². The van der Waals surface area contributed by atoms with Crippen molar-refractivity contribution < 1.29 is 27.9 Å². The molecule has 25 heavy (non-hydrogen) atoms. The van der Waals surface area contributed by atoms with Gasteiger partial charge in [0.1, 0.15) is 17.0 Å². The molecule has 1 aromatic heterocycles. The lowest BCUT2D eigenvalue weighted by Gasteiger charge is -2.26. The molecule has 1 aliphatic heterocycles. The summed E-state index contributed by atoms with van der Waals surface area (Å²) >= 11 is 0. The number of carbonyl (C=O) groups excluding carboxylic acids is 2. The third kappa shape index (κ3) is 4.71. The number of hydrogen-bond acceptors (Lipinski definition) is 4. The Morgan fingerprint density at radius 2 is 2.12 bits per heavy atom. The van der Waals surface area contributed by atoms with E-state index in [0.717, 1.165) is 12.3 Å². The molecule has 0 fully saturated rings. The number of halogens is 3. The third-order valence-corrected chi connectivity index (χ3v) is 3.59. The van der Waals surface area contributed by atoms with Crippen molar-refractivity contribution in [3.05, 3.63) is 35.4 Å². The smallest absolute Gasteiger partial charge is 0.433 e. The Hall–Kier alpha value is -2.58. The van der Waals surface area contributed by atoms with Crippen LogP contribution in [-0.2, 0) is 15.8 Å². The minimum absolute atomic E-state index is 0.0181. The molecule has 9 heteroatoms. The number of alkyl halides is 3. The van der Waals surface area contributed by atoms with Gasteiger partial charge in [0, 0.05) is 12.5 Å². The van der Waals surface area contributed by atoms with Crippen LogP contribution in [0.1, 0.15) is 32.4 Å². The predicted molar refractivity (Wildman–Crippen MR) is 83.5 cm³/mol. The summed E-state index contributed by atoms with van der Waals surface area (Å²) in [7, 11) is 0. The molecule has 1 unspecified atom stereocenters. The Morgan fingerprint density at radius 1 is 1.44 bits per heavy atom. The van der Waals surface area contributed by atoms with Crippen LogP contribution in [-0.4, -0.2) is 27.9 Å². The second-order valence-electron chi connectivity index (χ2n) is 6.21. The zero-order valence-corrected chi connectivity index (χ0v) is 13.6. The molecule has 0 radical (unpaired) electrons. The van der Waals surface area contributed by atoms with Crippen molar-refractivity contribution in [2.75, 3.05) is 5.32 Å². The summed E-state index contributed by atoms with van der Waals surface area (Å²) in [6.45, 7) is 3.93. The monoisotopic (exact) mass is 357 g/mol. The fourth-order valence-corrected chi connectivity index (χ4v) is 2.55. The summed E-state index contributed by atoms with van der Waals surface area (Å²) in [6, 6.07) is 1.47. The first-order chi connectivity index (χ1) is 11.6. The molecular weight excluding hydrogens is 339 g/mol. The summed E-state index contributed by atoms with van der Waals surface area (Å²) in [4.78, 5) is 27.4. The molecule has 2 heterocycles. The average Bonchev–Trinajstić information content (AvgIpc) is 2.45. The molecule has 6 nitrogen and oxygen atoms in total. The number of amides is 2. The summed E-state index contributed by atoms with van der Waals surface area (Å²) in [5, 5.41) is 14.9. The highest BCUT2D eigenvalue weighted by Crippen LogP contribution is 2.28. The van der Waals surface area contributed by atoms with Gasteiger partial charge in [0.25, 0.3) is 11.8 Å². The predicted octanol–water partition coefficient (Wildman–Crippen LogP) is 2.79. The van der Waals surface area contributed by atoms with Gasteiger partial charge in [-0.3, -0.25) is 9.59 Å². The maximum atomic E-state index is 12.5. The summed E-state index contributed by atoms with van der Waals surface area (Å²) < 4.78 is 37.4. The van der Waals surface area contributed by atoms with Crippen LogP contribution in [0.15, 0.2) is 29.7 Å². The lowest BCUT2D eigenvalue weighted by Crippen LogP contribution is -2.44. The number of aromatic nitrogens is 1. The zero-order chi connectivity index (χ0) is 18.8. The van der Waals surface area contributed by atoms with Crippen LogP contribution in [0.5, 0.6) is 0 Å². The van der Waals surface area contributed by atoms with Gasteiger partial charge in [-0.25, -0.2) is 4.98 Å². The van der Waals surface area contributed by atoms with Crippen molar-refractivity contribution in [2.45, 2.75) is 38.9 Å². The van der Waals surface area contributed by atoms with Crippen molar-refractivity contribution in [1.29, 1.82) is 0 Å². The van der Waals surface area contributed by atoms with E-state index in [9.17, 15) is 27.9 Å². The van der Waals surface area contributed by atoms with E-state index in [1.54, 1.807) is 0 Å². The molecule has 0 aliphatic carbocycles. The molecule has 3 N–H and O–H groups in total. The van der Waals surface area contributed by atoms with Gasteiger partial charge in [-0.05, 0) is 24.5 Å². The second kappa shape index (κ2) is 7.12. The molecule has 0 bridgehead atoms. The largest absolute Gasteiger partial charge is 0.511 e.